The minimum Gasteiger partial charge on any atom is -0.372 e. The molecule has 1 nitrogen and oxygen atoms in total. The van der Waals surface area contributed by atoms with Gasteiger partial charge in [0.15, 0.2) is 0 Å². The molecule has 1 aliphatic heterocycles. The summed E-state index contributed by atoms with van der Waals surface area (Å²) in [5.74, 6) is 2.49. The average molecular weight is 332 g/mol. The van der Waals surface area contributed by atoms with Gasteiger partial charge in [0.2, 0.25) is 0 Å². The standard InChI is InChI=1S/C15H20BrClO/c1-3-5-6-11-15-13(17)9-7-8-10-14(18-15)12(16)4-2/h1,5-8,12-15H,4,9-11H2,2H3/b6-5+,8-7-/t12?,13-,14-,15-/m1/s1. The van der Waals surface area contributed by atoms with Crippen LogP contribution in [-0.2, 0) is 4.74 Å². The molecule has 0 aromatic heterocycles. The van der Waals surface area contributed by atoms with Crippen LogP contribution in [0.1, 0.15) is 32.6 Å². The van der Waals surface area contributed by atoms with Crippen LogP contribution in [0.25, 0.3) is 0 Å². The summed E-state index contributed by atoms with van der Waals surface area (Å²) in [5.41, 5.74) is 0. The first-order valence-corrected chi connectivity index (χ1v) is 7.74. The predicted molar refractivity (Wildman–Crippen MR) is 82.3 cm³/mol. The highest BCUT2D eigenvalue weighted by molar-refractivity contribution is 9.09. The van der Waals surface area contributed by atoms with Gasteiger partial charge in [0.05, 0.1) is 17.6 Å². The molecule has 0 amide bonds. The molecule has 0 saturated carbocycles. The molecule has 3 heteroatoms. The lowest BCUT2D eigenvalue weighted by molar-refractivity contribution is -0.0122. The van der Waals surface area contributed by atoms with Crippen LogP contribution in [0.3, 0.4) is 0 Å². The molecule has 0 saturated heterocycles. The van der Waals surface area contributed by atoms with Crippen molar-refractivity contribution in [1.29, 1.82) is 0 Å². The molecule has 0 fully saturated rings. The predicted octanol–water partition coefficient (Wildman–Crippen LogP) is 4.45. The van der Waals surface area contributed by atoms with Crippen LogP contribution in [0.2, 0.25) is 0 Å². The molecule has 1 rings (SSSR count). The van der Waals surface area contributed by atoms with Gasteiger partial charge in [-0.2, -0.15) is 0 Å². The summed E-state index contributed by atoms with van der Waals surface area (Å²) in [4.78, 5) is 0.364. The molecule has 4 atom stereocenters. The van der Waals surface area contributed by atoms with Gasteiger partial charge in [0.1, 0.15) is 0 Å². The van der Waals surface area contributed by atoms with Gasteiger partial charge in [-0.1, -0.05) is 47.0 Å². The zero-order valence-electron chi connectivity index (χ0n) is 10.7. The highest BCUT2D eigenvalue weighted by atomic mass is 79.9. The molecule has 0 aliphatic carbocycles. The van der Waals surface area contributed by atoms with Gasteiger partial charge in [-0.25, -0.2) is 0 Å². The van der Waals surface area contributed by atoms with Crippen molar-refractivity contribution in [1.82, 2.24) is 0 Å². The van der Waals surface area contributed by atoms with Crippen LogP contribution < -0.4 is 0 Å². The molecule has 0 spiro atoms. The van der Waals surface area contributed by atoms with Crippen molar-refractivity contribution >= 4 is 27.5 Å². The fourth-order valence-corrected chi connectivity index (χ4v) is 2.55. The van der Waals surface area contributed by atoms with E-state index in [1.165, 1.54) is 0 Å². The van der Waals surface area contributed by atoms with E-state index in [0.717, 1.165) is 25.7 Å². The summed E-state index contributed by atoms with van der Waals surface area (Å²) in [7, 11) is 0. The number of terminal acetylenes is 1. The van der Waals surface area contributed by atoms with Gasteiger partial charge in [-0.3, -0.25) is 0 Å². The number of ether oxygens (including phenoxy) is 1. The average Bonchev–Trinajstić information content (AvgIpc) is 2.37. The molecule has 100 valence electrons. The monoisotopic (exact) mass is 330 g/mol. The summed E-state index contributed by atoms with van der Waals surface area (Å²) in [6.07, 6.45) is 17.0. The third-order valence-electron chi connectivity index (χ3n) is 3.03. The second kappa shape index (κ2) is 8.80. The Morgan fingerprint density at radius 1 is 1.56 bits per heavy atom. The van der Waals surface area contributed by atoms with Crippen molar-refractivity contribution in [3.63, 3.8) is 0 Å². The van der Waals surface area contributed by atoms with Crippen molar-refractivity contribution in [2.24, 2.45) is 0 Å². The quantitative estimate of drug-likeness (QED) is 0.420. The van der Waals surface area contributed by atoms with Crippen molar-refractivity contribution in [2.45, 2.75) is 55.0 Å². The van der Waals surface area contributed by atoms with Gasteiger partial charge < -0.3 is 4.74 Å². The van der Waals surface area contributed by atoms with E-state index >= 15 is 0 Å². The van der Waals surface area contributed by atoms with Crippen molar-refractivity contribution < 1.29 is 4.74 Å². The van der Waals surface area contributed by atoms with Crippen LogP contribution in [0.5, 0.6) is 0 Å². The van der Waals surface area contributed by atoms with E-state index in [2.05, 4.69) is 40.9 Å². The number of alkyl halides is 2. The Kier molecular flexibility index (Phi) is 7.74. The van der Waals surface area contributed by atoms with Gasteiger partial charge >= 0.3 is 0 Å². The summed E-state index contributed by atoms with van der Waals surface area (Å²) in [6, 6.07) is 0. The molecule has 0 N–H and O–H groups in total. The lowest BCUT2D eigenvalue weighted by Crippen LogP contribution is -2.34. The SMILES string of the molecule is C#C/C=C/C[C@H]1O[C@@H](C(Br)CC)C/C=C\C[C@H]1Cl. The lowest BCUT2D eigenvalue weighted by atomic mass is 10.0. The van der Waals surface area contributed by atoms with E-state index < -0.39 is 0 Å². The maximum atomic E-state index is 6.37. The van der Waals surface area contributed by atoms with Crippen molar-refractivity contribution in [3.8, 4) is 12.3 Å². The Labute approximate surface area is 124 Å². The molecule has 0 aromatic carbocycles. The molecular formula is C15H20BrClO. The van der Waals surface area contributed by atoms with Crippen LogP contribution in [0.4, 0.5) is 0 Å². The fourth-order valence-electron chi connectivity index (χ4n) is 1.94. The van der Waals surface area contributed by atoms with Crippen LogP contribution in [0, 0.1) is 12.3 Å². The summed E-state index contributed by atoms with van der Waals surface area (Å²) in [5, 5.41) is 0.00281. The zero-order chi connectivity index (χ0) is 13.4. The first kappa shape index (κ1) is 15.8. The topological polar surface area (TPSA) is 9.23 Å². The third kappa shape index (κ3) is 5.18. The highest BCUT2D eigenvalue weighted by Crippen LogP contribution is 2.26. The summed E-state index contributed by atoms with van der Waals surface area (Å²) < 4.78 is 6.15. The number of halogens is 2. The number of hydrogen-bond acceptors (Lipinski definition) is 1. The Hall–Kier alpha value is -0.230. The Morgan fingerprint density at radius 2 is 2.28 bits per heavy atom. The van der Waals surface area contributed by atoms with E-state index in [0.29, 0.717) is 4.83 Å². The van der Waals surface area contributed by atoms with E-state index in [-0.39, 0.29) is 17.6 Å². The highest BCUT2D eigenvalue weighted by Gasteiger charge is 2.26. The molecule has 0 aromatic rings. The first-order valence-electron chi connectivity index (χ1n) is 6.38. The molecule has 1 unspecified atom stereocenters. The van der Waals surface area contributed by atoms with E-state index in [9.17, 15) is 0 Å². The third-order valence-corrected chi connectivity index (χ3v) is 4.72. The molecule has 1 heterocycles. The van der Waals surface area contributed by atoms with Crippen LogP contribution in [-0.4, -0.2) is 22.4 Å². The van der Waals surface area contributed by atoms with Gasteiger partial charge in [0.25, 0.3) is 0 Å². The van der Waals surface area contributed by atoms with Gasteiger partial charge in [-0.15, -0.1) is 18.0 Å². The maximum absolute atomic E-state index is 6.37. The van der Waals surface area contributed by atoms with E-state index in [1.54, 1.807) is 6.08 Å². The van der Waals surface area contributed by atoms with Gasteiger partial charge in [-0.05, 0) is 31.8 Å². The van der Waals surface area contributed by atoms with Crippen LogP contribution >= 0.6 is 27.5 Å². The fraction of sp³-hybridized carbons (Fsp3) is 0.600. The second-order valence-electron chi connectivity index (χ2n) is 4.40. The smallest absolute Gasteiger partial charge is 0.0780 e. The molecule has 0 radical (unpaired) electrons. The molecule has 0 bridgehead atoms. The second-order valence-corrected chi connectivity index (χ2v) is 6.14. The molecule has 1 aliphatic rings. The summed E-state index contributed by atoms with van der Waals surface area (Å²) >= 11 is 10.1. The van der Waals surface area contributed by atoms with Crippen molar-refractivity contribution in [3.05, 3.63) is 24.3 Å². The Morgan fingerprint density at radius 3 is 2.94 bits per heavy atom. The normalized spacial score (nSPS) is 32.4. The Balaban J connectivity index is 2.69. The molecule has 18 heavy (non-hydrogen) atoms. The minimum atomic E-state index is 0.00281. The first-order chi connectivity index (χ1) is 8.69. The number of hydrogen-bond donors (Lipinski definition) is 0. The summed E-state index contributed by atoms with van der Waals surface area (Å²) in [6.45, 7) is 2.15. The number of allylic oxidation sites excluding steroid dienone is 2. The lowest BCUT2D eigenvalue weighted by Gasteiger charge is -2.30. The minimum absolute atomic E-state index is 0.00281. The van der Waals surface area contributed by atoms with E-state index in [1.807, 2.05) is 6.08 Å². The molecular weight excluding hydrogens is 312 g/mol. The number of rotatable bonds is 4. The maximum Gasteiger partial charge on any atom is 0.0780 e. The van der Waals surface area contributed by atoms with Crippen LogP contribution in [0.15, 0.2) is 24.3 Å². The van der Waals surface area contributed by atoms with Gasteiger partial charge in [0, 0.05) is 4.83 Å². The Bertz CT molecular complexity index is 332. The van der Waals surface area contributed by atoms with Crippen molar-refractivity contribution in [2.75, 3.05) is 0 Å². The zero-order valence-corrected chi connectivity index (χ0v) is 13.0. The van der Waals surface area contributed by atoms with E-state index in [4.69, 9.17) is 22.8 Å². The largest absolute Gasteiger partial charge is 0.372 e.